The van der Waals surface area contributed by atoms with E-state index in [9.17, 15) is 4.79 Å². The molecule has 1 fully saturated rings. The summed E-state index contributed by atoms with van der Waals surface area (Å²) in [5.74, 6) is 0.872. The number of aliphatic imine (C=N–C) groups is 1. The van der Waals surface area contributed by atoms with Gasteiger partial charge in [0.15, 0.2) is 5.96 Å². The van der Waals surface area contributed by atoms with E-state index in [1.807, 2.05) is 35.2 Å². The first-order chi connectivity index (χ1) is 11.7. The van der Waals surface area contributed by atoms with Crippen molar-refractivity contribution in [3.8, 4) is 0 Å². The van der Waals surface area contributed by atoms with Crippen LogP contribution in [0.2, 0.25) is 0 Å². The summed E-state index contributed by atoms with van der Waals surface area (Å²) in [5.41, 5.74) is 0.948. The van der Waals surface area contributed by atoms with Crippen molar-refractivity contribution in [1.82, 2.24) is 10.6 Å². The van der Waals surface area contributed by atoms with Crippen LogP contribution in [-0.4, -0.2) is 31.5 Å². The summed E-state index contributed by atoms with van der Waals surface area (Å²) >= 11 is 1.77. The van der Waals surface area contributed by atoms with Crippen LogP contribution in [-0.2, 0) is 11.3 Å². The maximum absolute atomic E-state index is 12.3. The first-order valence-corrected chi connectivity index (χ1v) is 8.85. The number of carbonyl (C=O) groups is 1. The Hall–Kier alpha value is -2.34. The van der Waals surface area contributed by atoms with E-state index in [0.29, 0.717) is 13.0 Å². The zero-order valence-corrected chi connectivity index (χ0v) is 14.8. The van der Waals surface area contributed by atoms with Gasteiger partial charge in [-0.3, -0.25) is 9.79 Å². The summed E-state index contributed by atoms with van der Waals surface area (Å²) in [6.07, 6.45) is 0.480. The highest BCUT2D eigenvalue weighted by Crippen LogP contribution is 2.21. The number of amides is 1. The molecule has 2 aromatic rings. The first-order valence-electron chi connectivity index (χ1n) is 8.03. The summed E-state index contributed by atoms with van der Waals surface area (Å²) < 4.78 is 0. The molecule has 0 bridgehead atoms. The minimum absolute atomic E-state index is 0.0639. The molecule has 0 radical (unpaired) electrons. The van der Waals surface area contributed by atoms with Gasteiger partial charge >= 0.3 is 0 Å². The fourth-order valence-electron chi connectivity index (χ4n) is 2.80. The standard InChI is InChI=1S/C18H22N4OS/c1-13-8-9-16(24-13)11-20-18(19-2)21-14-10-17(23)22(12-14)15-6-4-3-5-7-15/h3-9,14H,10-12H2,1-2H3,(H2,19,20,21). The van der Waals surface area contributed by atoms with Crippen molar-refractivity contribution in [2.75, 3.05) is 18.5 Å². The van der Waals surface area contributed by atoms with Gasteiger partial charge in [-0.15, -0.1) is 11.3 Å². The van der Waals surface area contributed by atoms with Crippen LogP contribution in [0.3, 0.4) is 0 Å². The highest BCUT2D eigenvalue weighted by molar-refractivity contribution is 7.11. The molecule has 1 amide bonds. The van der Waals surface area contributed by atoms with E-state index in [1.165, 1.54) is 9.75 Å². The quantitative estimate of drug-likeness (QED) is 0.663. The lowest BCUT2D eigenvalue weighted by molar-refractivity contribution is -0.117. The fraction of sp³-hybridized carbons (Fsp3) is 0.333. The van der Waals surface area contributed by atoms with Gasteiger partial charge in [-0.05, 0) is 31.2 Å². The van der Waals surface area contributed by atoms with E-state index in [-0.39, 0.29) is 11.9 Å². The van der Waals surface area contributed by atoms with Crippen LogP contribution in [0.15, 0.2) is 47.5 Å². The van der Waals surface area contributed by atoms with Gasteiger partial charge < -0.3 is 15.5 Å². The number of guanidine groups is 1. The molecule has 5 nitrogen and oxygen atoms in total. The van der Waals surface area contributed by atoms with Gasteiger partial charge in [-0.25, -0.2) is 0 Å². The number of thiophene rings is 1. The molecule has 0 saturated carbocycles. The Morgan fingerprint density at radius 3 is 2.75 bits per heavy atom. The number of rotatable bonds is 4. The number of aryl methyl sites for hydroxylation is 1. The van der Waals surface area contributed by atoms with Crippen LogP contribution in [0.4, 0.5) is 5.69 Å². The van der Waals surface area contributed by atoms with Gasteiger partial charge in [0.25, 0.3) is 0 Å². The molecular formula is C18H22N4OS. The van der Waals surface area contributed by atoms with Crippen molar-refractivity contribution in [3.63, 3.8) is 0 Å². The Morgan fingerprint density at radius 2 is 2.08 bits per heavy atom. The zero-order chi connectivity index (χ0) is 16.9. The number of benzene rings is 1. The zero-order valence-electron chi connectivity index (χ0n) is 14.0. The minimum atomic E-state index is 0.0639. The van der Waals surface area contributed by atoms with E-state index in [2.05, 4.69) is 34.7 Å². The molecule has 3 rings (SSSR count). The number of carbonyl (C=O) groups excluding carboxylic acids is 1. The van der Waals surface area contributed by atoms with Crippen LogP contribution in [0.25, 0.3) is 0 Å². The largest absolute Gasteiger partial charge is 0.352 e. The smallest absolute Gasteiger partial charge is 0.229 e. The van der Waals surface area contributed by atoms with E-state index < -0.39 is 0 Å². The van der Waals surface area contributed by atoms with Gasteiger partial charge in [-0.1, -0.05) is 18.2 Å². The van der Waals surface area contributed by atoms with Crippen LogP contribution in [0, 0.1) is 6.92 Å². The van der Waals surface area contributed by atoms with Gasteiger partial charge in [0, 0.05) is 35.5 Å². The SMILES string of the molecule is CN=C(NCc1ccc(C)s1)NC1CC(=O)N(c2ccccc2)C1. The van der Waals surface area contributed by atoms with E-state index >= 15 is 0 Å². The first kappa shape index (κ1) is 16.5. The minimum Gasteiger partial charge on any atom is -0.352 e. The summed E-state index contributed by atoms with van der Waals surface area (Å²) in [5, 5.41) is 6.67. The number of nitrogens with one attached hydrogen (secondary N) is 2. The Kier molecular flexibility index (Phi) is 5.15. The molecule has 1 aromatic carbocycles. The molecular weight excluding hydrogens is 320 g/mol. The number of nitrogens with zero attached hydrogens (tertiary/aromatic N) is 2. The van der Waals surface area contributed by atoms with Crippen molar-refractivity contribution < 1.29 is 4.79 Å². The molecule has 2 N–H and O–H groups in total. The summed E-state index contributed by atoms with van der Waals surface area (Å²) in [6.45, 7) is 3.49. The van der Waals surface area contributed by atoms with Gasteiger partial charge in [0.1, 0.15) is 0 Å². The lowest BCUT2D eigenvalue weighted by Gasteiger charge is -2.18. The molecule has 1 saturated heterocycles. The molecule has 126 valence electrons. The molecule has 6 heteroatoms. The van der Waals surface area contributed by atoms with E-state index in [0.717, 1.165) is 18.2 Å². The van der Waals surface area contributed by atoms with Crippen molar-refractivity contribution in [3.05, 3.63) is 52.2 Å². The predicted octanol–water partition coefficient (Wildman–Crippen LogP) is 2.53. The van der Waals surface area contributed by atoms with Crippen molar-refractivity contribution in [1.29, 1.82) is 0 Å². The number of para-hydroxylation sites is 1. The average Bonchev–Trinajstić information content (AvgIpc) is 3.17. The third kappa shape index (κ3) is 3.94. The third-order valence-electron chi connectivity index (χ3n) is 3.98. The number of anilines is 1. The van der Waals surface area contributed by atoms with E-state index in [1.54, 1.807) is 18.4 Å². The molecule has 1 aliphatic heterocycles. The van der Waals surface area contributed by atoms with Crippen molar-refractivity contribution in [2.45, 2.75) is 25.9 Å². The topological polar surface area (TPSA) is 56.7 Å². The second-order valence-corrected chi connectivity index (χ2v) is 7.20. The molecule has 0 spiro atoms. The fourth-order valence-corrected chi connectivity index (χ4v) is 3.63. The monoisotopic (exact) mass is 342 g/mol. The van der Waals surface area contributed by atoms with Crippen LogP contribution in [0.1, 0.15) is 16.2 Å². The second kappa shape index (κ2) is 7.49. The third-order valence-corrected chi connectivity index (χ3v) is 4.98. The molecule has 2 heterocycles. The molecule has 1 aliphatic rings. The Morgan fingerprint density at radius 1 is 1.29 bits per heavy atom. The maximum atomic E-state index is 12.3. The Bertz CT molecular complexity index is 726. The van der Waals surface area contributed by atoms with Gasteiger partial charge in [-0.2, -0.15) is 0 Å². The number of hydrogen-bond donors (Lipinski definition) is 2. The predicted molar refractivity (Wildman–Crippen MR) is 99.6 cm³/mol. The highest BCUT2D eigenvalue weighted by Gasteiger charge is 2.30. The van der Waals surface area contributed by atoms with Crippen molar-refractivity contribution >= 4 is 28.9 Å². The molecule has 1 atom stereocenters. The Labute approximate surface area is 146 Å². The summed E-state index contributed by atoms with van der Waals surface area (Å²) in [4.78, 5) is 20.9. The molecule has 0 aliphatic carbocycles. The lowest BCUT2D eigenvalue weighted by Crippen LogP contribution is -2.44. The van der Waals surface area contributed by atoms with Crippen molar-refractivity contribution in [2.24, 2.45) is 4.99 Å². The van der Waals surface area contributed by atoms with Crippen LogP contribution < -0.4 is 15.5 Å². The molecule has 24 heavy (non-hydrogen) atoms. The molecule has 1 unspecified atom stereocenters. The molecule has 1 aromatic heterocycles. The van der Waals surface area contributed by atoms with Crippen LogP contribution >= 0.6 is 11.3 Å². The summed E-state index contributed by atoms with van der Waals surface area (Å²) in [7, 11) is 1.75. The lowest BCUT2D eigenvalue weighted by atomic mass is 10.2. The maximum Gasteiger partial charge on any atom is 0.229 e. The Balaban J connectivity index is 1.56. The number of hydrogen-bond acceptors (Lipinski definition) is 3. The highest BCUT2D eigenvalue weighted by atomic mass is 32.1. The van der Waals surface area contributed by atoms with E-state index in [4.69, 9.17) is 0 Å². The summed E-state index contributed by atoms with van der Waals surface area (Å²) in [6, 6.07) is 14.1. The normalized spacial score (nSPS) is 18.1. The van der Waals surface area contributed by atoms with Gasteiger partial charge in [0.2, 0.25) is 5.91 Å². The van der Waals surface area contributed by atoms with Gasteiger partial charge in [0.05, 0.1) is 12.6 Å². The second-order valence-electron chi connectivity index (χ2n) is 5.82. The average molecular weight is 342 g/mol. The van der Waals surface area contributed by atoms with Crippen LogP contribution in [0.5, 0.6) is 0 Å².